The number of rotatable bonds is 26. The summed E-state index contributed by atoms with van der Waals surface area (Å²) in [4.78, 5) is 0. The Kier molecular flexibility index (Phi) is 22.6. The zero-order valence-electron chi connectivity index (χ0n) is 23.1. The fourth-order valence-electron chi connectivity index (χ4n) is 4.04. The SMILES string of the molecule is CCCCCCCCCCCCC(C)c1ccc(COCCOCCOCCOCCOC)cc1. The molecule has 0 heterocycles. The van der Waals surface area contributed by atoms with Crippen molar-refractivity contribution in [1.29, 1.82) is 0 Å². The van der Waals surface area contributed by atoms with Crippen molar-refractivity contribution >= 4 is 0 Å². The maximum atomic E-state index is 5.74. The minimum absolute atomic E-state index is 0.576. The first-order valence-corrected chi connectivity index (χ1v) is 14.2. The first kappa shape index (κ1) is 32.0. The van der Waals surface area contributed by atoms with E-state index in [0.29, 0.717) is 65.4 Å². The largest absolute Gasteiger partial charge is 0.382 e. The smallest absolute Gasteiger partial charge is 0.0718 e. The van der Waals surface area contributed by atoms with Crippen molar-refractivity contribution < 1.29 is 23.7 Å². The lowest BCUT2D eigenvalue weighted by Crippen LogP contribution is -2.12. The zero-order chi connectivity index (χ0) is 25.2. The maximum Gasteiger partial charge on any atom is 0.0718 e. The average molecular weight is 495 g/mol. The van der Waals surface area contributed by atoms with Crippen LogP contribution in [0.5, 0.6) is 0 Å². The van der Waals surface area contributed by atoms with Crippen LogP contribution < -0.4 is 0 Å². The van der Waals surface area contributed by atoms with Crippen LogP contribution in [0, 0.1) is 0 Å². The Balaban J connectivity index is 1.95. The molecule has 0 fully saturated rings. The van der Waals surface area contributed by atoms with Crippen molar-refractivity contribution in [3.63, 3.8) is 0 Å². The van der Waals surface area contributed by atoms with Gasteiger partial charge in [0.25, 0.3) is 0 Å². The van der Waals surface area contributed by atoms with Gasteiger partial charge in [-0.25, -0.2) is 0 Å². The number of unbranched alkanes of at least 4 members (excludes halogenated alkanes) is 9. The molecule has 0 saturated carbocycles. The molecule has 0 aliphatic rings. The molecule has 0 aliphatic heterocycles. The van der Waals surface area contributed by atoms with E-state index in [1.165, 1.54) is 81.8 Å². The summed E-state index contributed by atoms with van der Waals surface area (Å²) in [6.45, 7) is 9.99. The second-order valence-electron chi connectivity index (χ2n) is 9.50. The molecule has 1 unspecified atom stereocenters. The molecule has 0 radical (unpaired) electrons. The lowest BCUT2D eigenvalue weighted by Gasteiger charge is -2.13. The van der Waals surface area contributed by atoms with E-state index in [2.05, 4.69) is 38.1 Å². The third-order valence-corrected chi connectivity index (χ3v) is 6.36. The Hall–Kier alpha value is -0.980. The van der Waals surface area contributed by atoms with Crippen molar-refractivity contribution in [2.75, 3.05) is 60.0 Å². The predicted octanol–water partition coefficient (Wildman–Crippen LogP) is 7.31. The molecule has 1 rings (SSSR count). The Morgan fingerprint density at radius 3 is 1.54 bits per heavy atom. The van der Waals surface area contributed by atoms with E-state index in [0.717, 1.165) is 0 Å². The highest BCUT2D eigenvalue weighted by atomic mass is 16.6. The van der Waals surface area contributed by atoms with Crippen LogP contribution in [0.1, 0.15) is 102 Å². The van der Waals surface area contributed by atoms with E-state index in [-0.39, 0.29) is 0 Å². The van der Waals surface area contributed by atoms with E-state index in [9.17, 15) is 0 Å². The van der Waals surface area contributed by atoms with E-state index in [4.69, 9.17) is 23.7 Å². The van der Waals surface area contributed by atoms with Crippen molar-refractivity contribution in [2.24, 2.45) is 0 Å². The first-order valence-electron chi connectivity index (χ1n) is 14.2. The molecule has 1 aromatic carbocycles. The van der Waals surface area contributed by atoms with Crippen LogP contribution in [0.3, 0.4) is 0 Å². The second-order valence-corrected chi connectivity index (χ2v) is 9.50. The Morgan fingerprint density at radius 2 is 1.03 bits per heavy atom. The van der Waals surface area contributed by atoms with Crippen LogP contribution in [0.2, 0.25) is 0 Å². The van der Waals surface area contributed by atoms with Crippen molar-refractivity contribution in [2.45, 2.75) is 97.0 Å². The molecular weight excluding hydrogens is 440 g/mol. The predicted molar refractivity (Wildman–Crippen MR) is 145 cm³/mol. The van der Waals surface area contributed by atoms with Crippen LogP contribution in [0.25, 0.3) is 0 Å². The molecule has 0 bridgehead atoms. The number of benzene rings is 1. The summed E-state index contributed by atoms with van der Waals surface area (Å²) in [6, 6.07) is 8.94. The van der Waals surface area contributed by atoms with Gasteiger partial charge in [-0.3, -0.25) is 0 Å². The molecule has 1 atom stereocenters. The van der Waals surface area contributed by atoms with Gasteiger partial charge in [0.1, 0.15) is 0 Å². The number of hydrogen-bond acceptors (Lipinski definition) is 5. The fourth-order valence-corrected chi connectivity index (χ4v) is 4.04. The van der Waals surface area contributed by atoms with E-state index < -0.39 is 0 Å². The quantitative estimate of drug-likeness (QED) is 0.126. The third kappa shape index (κ3) is 19.8. The molecule has 0 aliphatic carbocycles. The number of hydrogen-bond donors (Lipinski definition) is 0. The summed E-state index contributed by atoms with van der Waals surface area (Å²) in [5.41, 5.74) is 2.66. The van der Waals surface area contributed by atoms with Crippen LogP contribution >= 0.6 is 0 Å². The van der Waals surface area contributed by atoms with Gasteiger partial charge in [-0.2, -0.15) is 0 Å². The first-order chi connectivity index (χ1) is 17.3. The Bertz CT molecular complexity index is 548. The highest BCUT2D eigenvalue weighted by molar-refractivity contribution is 5.24. The molecule has 35 heavy (non-hydrogen) atoms. The summed E-state index contributed by atoms with van der Waals surface area (Å²) < 4.78 is 27.0. The monoisotopic (exact) mass is 494 g/mol. The van der Waals surface area contributed by atoms with Gasteiger partial charge in [0.15, 0.2) is 0 Å². The van der Waals surface area contributed by atoms with Gasteiger partial charge in [0.2, 0.25) is 0 Å². The topological polar surface area (TPSA) is 46.2 Å². The second kappa shape index (κ2) is 24.7. The summed E-state index contributed by atoms with van der Waals surface area (Å²) in [5, 5.41) is 0. The number of methoxy groups -OCH3 is 1. The van der Waals surface area contributed by atoms with Gasteiger partial charge in [-0.15, -0.1) is 0 Å². The summed E-state index contributed by atoms with van der Waals surface area (Å²) in [6.07, 6.45) is 15.3. The number of ether oxygens (including phenoxy) is 5. The Morgan fingerprint density at radius 1 is 0.571 bits per heavy atom. The molecule has 0 spiro atoms. The zero-order valence-corrected chi connectivity index (χ0v) is 23.1. The molecule has 0 aromatic heterocycles. The minimum Gasteiger partial charge on any atom is -0.382 e. The molecule has 5 heteroatoms. The normalized spacial score (nSPS) is 12.3. The Labute approximate surface area is 216 Å². The van der Waals surface area contributed by atoms with Gasteiger partial charge >= 0.3 is 0 Å². The van der Waals surface area contributed by atoms with E-state index >= 15 is 0 Å². The van der Waals surface area contributed by atoms with E-state index in [1.54, 1.807) is 7.11 Å². The lowest BCUT2D eigenvalue weighted by molar-refractivity contribution is -0.00948. The van der Waals surface area contributed by atoms with Gasteiger partial charge in [0.05, 0.1) is 59.5 Å². The molecular formula is C30H54O5. The van der Waals surface area contributed by atoms with E-state index in [1.807, 2.05) is 0 Å². The molecule has 0 N–H and O–H groups in total. The summed E-state index contributed by atoms with van der Waals surface area (Å²) >= 11 is 0. The van der Waals surface area contributed by atoms with Gasteiger partial charge in [-0.05, 0) is 23.5 Å². The molecule has 0 saturated heterocycles. The maximum absolute atomic E-state index is 5.74. The summed E-state index contributed by atoms with van der Waals surface area (Å²) in [7, 11) is 1.66. The fraction of sp³-hybridized carbons (Fsp3) is 0.800. The average Bonchev–Trinajstić information content (AvgIpc) is 2.88. The highest BCUT2D eigenvalue weighted by Gasteiger charge is 2.05. The standard InChI is InChI=1S/C30H54O5/c1-4-5-6-7-8-9-10-11-12-13-14-28(2)30-17-15-29(16-18-30)27-35-26-25-34-24-23-33-22-21-32-20-19-31-3/h15-18,28H,4-14,19-27H2,1-3H3. The lowest BCUT2D eigenvalue weighted by atomic mass is 9.94. The van der Waals surface area contributed by atoms with Crippen LogP contribution in [-0.4, -0.2) is 60.0 Å². The molecule has 204 valence electrons. The van der Waals surface area contributed by atoms with Crippen LogP contribution in [0.4, 0.5) is 0 Å². The molecule has 5 nitrogen and oxygen atoms in total. The van der Waals surface area contributed by atoms with Crippen LogP contribution in [-0.2, 0) is 30.3 Å². The van der Waals surface area contributed by atoms with Crippen molar-refractivity contribution in [3.8, 4) is 0 Å². The summed E-state index contributed by atoms with van der Waals surface area (Å²) in [5.74, 6) is 0.631. The highest BCUT2D eigenvalue weighted by Crippen LogP contribution is 2.23. The molecule has 0 amide bonds. The van der Waals surface area contributed by atoms with Gasteiger partial charge in [-0.1, -0.05) is 102 Å². The van der Waals surface area contributed by atoms with Crippen molar-refractivity contribution in [3.05, 3.63) is 35.4 Å². The minimum atomic E-state index is 0.576. The third-order valence-electron chi connectivity index (χ3n) is 6.36. The van der Waals surface area contributed by atoms with Gasteiger partial charge in [0, 0.05) is 7.11 Å². The van der Waals surface area contributed by atoms with Crippen LogP contribution in [0.15, 0.2) is 24.3 Å². The van der Waals surface area contributed by atoms with Gasteiger partial charge < -0.3 is 23.7 Å². The van der Waals surface area contributed by atoms with Crippen molar-refractivity contribution in [1.82, 2.24) is 0 Å². The molecule has 1 aromatic rings.